The van der Waals surface area contributed by atoms with E-state index in [2.05, 4.69) is 29.6 Å². The average Bonchev–Trinajstić information content (AvgIpc) is 2.74. The summed E-state index contributed by atoms with van der Waals surface area (Å²) in [4.78, 5) is 10.8. The normalized spacial score (nSPS) is 15.8. The Morgan fingerprint density at radius 3 is 2.48 bits per heavy atom. The van der Waals surface area contributed by atoms with Crippen molar-refractivity contribution in [3.63, 3.8) is 0 Å². The topological polar surface area (TPSA) is 39.7 Å². The van der Waals surface area contributed by atoms with Crippen LogP contribution in [0.1, 0.15) is 28.3 Å². The van der Waals surface area contributed by atoms with Crippen LogP contribution in [0.3, 0.4) is 0 Å². The van der Waals surface area contributed by atoms with Crippen molar-refractivity contribution in [2.75, 3.05) is 13.7 Å². The lowest BCUT2D eigenvalue weighted by Crippen LogP contribution is -2.30. The summed E-state index contributed by atoms with van der Waals surface area (Å²) in [5.74, 6) is 1.61. The van der Waals surface area contributed by atoms with Gasteiger partial charge in [-0.2, -0.15) is 4.89 Å². The van der Waals surface area contributed by atoms with Gasteiger partial charge >= 0.3 is 0 Å². The molecule has 1 N–H and O–H groups in total. The molecule has 1 aliphatic heterocycles. The molecule has 3 aromatic carbocycles. The third kappa shape index (κ3) is 4.13. The Morgan fingerprint density at radius 1 is 0.926 bits per heavy atom. The van der Waals surface area contributed by atoms with Gasteiger partial charge in [0.25, 0.3) is 0 Å². The molecular formula is C23H23NO3. The Labute approximate surface area is 159 Å². The fourth-order valence-corrected chi connectivity index (χ4v) is 3.42. The quantitative estimate of drug-likeness (QED) is 0.520. The fraction of sp³-hybridized carbons (Fsp3) is 0.217. The number of methoxy groups -OCH3 is 1. The van der Waals surface area contributed by atoms with Gasteiger partial charge in [-0.25, -0.2) is 0 Å². The molecule has 1 unspecified atom stereocenters. The maximum atomic E-state index is 5.42. The predicted octanol–water partition coefficient (Wildman–Crippen LogP) is 4.44. The van der Waals surface area contributed by atoms with Gasteiger partial charge in [-0.15, -0.1) is 0 Å². The SMILES string of the molecule is COc1ccc2c(c1)CCNC2c1ccc(OOCc2ccccc2)cc1. The zero-order valence-electron chi connectivity index (χ0n) is 15.4. The molecule has 4 heteroatoms. The Kier molecular flexibility index (Phi) is 5.37. The average molecular weight is 361 g/mol. The molecule has 0 aromatic heterocycles. The molecular weight excluding hydrogens is 338 g/mol. The number of nitrogens with one attached hydrogen (secondary N) is 1. The van der Waals surface area contributed by atoms with Gasteiger partial charge in [0, 0.05) is 6.54 Å². The number of hydrogen-bond acceptors (Lipinski definition) is 4. The van der Waals surface area contributed by atoms with Gasteiger partial charge in [0.2, 0.25) is 0 Å². The van der Waals surface area contributed by atoms with Crippen LogP contribution in [0.5, 0.6) is 11.5 Å². The summed E-state index contributed by atoms with van der Waals surface area (Å²) in [5.41, 5.74) is 4.92. The molecule has 4 nitrogen and oxygen atoms in total. The van der Waals surface area contributed by atoms with E-state index < -0.39 is 0 Å². The summed E-state index contributed by atoms with van der Waals surface area (Å²) >= 11 is 0. The van der Waals surface area contributed by atoms with E-state index in [1.54, 1.807) is 7.11 Å². The van der Waals surface area contributed by atoms with Crippen LogP contribution < -0.4 is 14.9 Å². The molecule has 0 amide bonds. The van der Waals surface area contributed by atoms with E-state index in [4.69, 9.17) is 14.5 Å². The first-order chi connectivity index (χ1) is 13.3. The van der Waals surface area contributed by atoms with Gasteiger partial charge in [-0.1, -0.05) is 48.5 Å². The van der Waals surface area contributed by atoms with E-state index in [9.17, 15) is 0 Å². The van der Waals surface area contributed by atoms with Crippen molar-refractivity contribution in [1.82, 2.24) is 5.32 Å². The molecule has 138 valence electrons. The molecule has 3 aromatic rings. The Morgan fingerprint density at radius 2 is 1.70 bits per heavy atom. The van der Waals surface area contributed by atoms with Gasteiger partial charge < -0.3 is 14.9 Å². The standard InChI is InChI=1S/C23H23NO3/c1-25-21-11-12-22-19(15-21)13-14-24-23(22)18-7-9-20(10-8-18)27-26-16-17-5-3-2-4-6-17/h2-12,15,23-24H,13-14,16H2,1H3. The summed E-state index contributed by atoms with van der Waals surface area (Å²) in [7, 11) is 1.71. The van der Waals surface area contributed by atoms with E-state index in [1.165, 1.54) is 16.7 Å². The van der Waals surface area contributed by atoms with Crippen molar-refractivity contribution in [1.29, 1.82) is 0 Å². The van der Waals surface area contributed by atoms with Crippen LogP contribution in [-0.2, 0) is 17.9 Å². The van der Waals surface area contributed by atoms with Crippen molar-refractivity contribution in [2.45, 2.75) is 19.1 Å². The second kappa shape index (κ2) is 8.25. The number of fused-ring (bicyclic) bond motifs is 1. The van der Waals surface area contributed by atoms with Gasteiger partial charge in [0.15, 0.2) is 5.75 Å². The highest BCUT2D eigenvalue weighted by Gasteiger charge is 2.21. The lowest BCUT2D eigenvalue weighted by molar-refractivity contribution is -0.217. The lowest BCUT2D eigenvalue weighted by atomic mass is 9.90. The highest BCUT2D eigenvalue weighted by atomic mass is 17.2. The smallest absolute Gasteiger partial charge is 0.165 e. The summed E-state index contributed by atoms with van der Waals surface area (Å²) in [5, 5.41) is 3.60. The minimum atomic E-state index is 0.180. The van der Waals surface area contributed by atoms with Crippen molar-refractivity contribution < 1.29 is 14.5 Å². The van der Waals surface area contributed by atoms with E-state index in [0.29, 0.717) is 12.4 Å². The Balaban J connectivity index is 1.42. The second-order valence-corrected chi connectivity index (χ2v) is 6.60. The van der Waals surface area contributed by atoms with Crippen LogP contribution in [0.2, 0.25) is 0 Å². The van der Waals surface area contributed by atoms with E-state index in [0.717, 1.165) is 24.3 Å². The van der Waals surface area contributed by atoms with Crippen molar-refractivity contribution >= 4 is 0 Å². The Hall–Kier alpha value is -2.82. The molecule has 1 atom stereocenters. The van der Waals surface area contributed by atoms with Crippen LogP contribution in [-0.4, -0.2) is 13.7 Å². The zero-order chi connectivity index (χ0) is 18.5. The highest BCUT2D eigenvalue weighted by molar-refractivity contribution is 5.44. The minimum Gasteiger partial charge on any atom is -0.497 e. The molecule has 0 fully saturated rings. The van der Waals surface area contributed by atoms with Crippen molar-refractivity contribution in [3.8, 4) is 11.5 Å². The van der Waals surface area contributed by atoms with Crippen LogP contribution in [0.25, 0.3) is 0 Å². The molecule has 4 rings (SSSR count). The molecule has 1 heterocycles. The van der Waals surface area contributed by atoms with Crippen LogP contribution >= 0.6 is 0 Å². The van der Waals surface area contributed by atoms with Gasteiger partial charge in [0.1, 0.15) is 12.4 Å². The second-order valence-electron chi connectivity index (χ2n) is 6.60. The molecule has 0 bridgehead atoms. The molecule has 0 radical (unpaired) electrons. The van der Waals surface area contributed by atoms with Gasteiger partial charge in [-0.3, -0.25) is 0 Å². The largest absolute Gasteiger partial charge is 0.497 e. The van der Waals surface area contributed by atoms with Crippen LogP contribution in [0.15, 0.2) is 72.8 Å². The lowest BCUT2D eigenvalue weighted by Gasteiger charge is -2.27. The zero-order valence-corrected chi connectivity index (χ0v) is 15.4. The van der Waals surface area contributed by atoms with Crippen molar-refractivity contribution in [3.05, 3.63) is 95.1 Å². The number of benzene rings is 3. The molecule has 0 saturated carbocycles. The van der Waals surface area contributed by atoms with Crippen LogP contribution in [0, 0.1) is 0 Å². The van der Waals surface area contributed by atoms with E-state index in [1.807, 2.05) is 48.5 Å². The molecule has 1 aliphatic rings. The third-order valence-electron chi connectivity index (χ3n) is 4.84. The molecule has 27 heavy (non-hydrogen) atoms. The summed E-state index contributed by atoms with van der Waals surface area (Å²) in [6.07, 6.45) is 1.01. The number of hydrogen-bond donors (Lipinski definition) is 1. The van der Waals surface area contributed by atoms with Gasteiger partial charge in [-0.05, 0) is 52.9 Å². The highest BCUT2D eigenvalue weighted by Crippen LogP contribution is 2.31. The molecule has 0 spiro atoms. The number of rotatable bonds is 6. The van der Waals surface area contributed by atoms with Crippen LogP contribution in [0.4, 0.5) is 0 Å². The first kappa shape index (κ1) is 17.6. The van der Waals surface area contributed by atoms with Gasteiger partial charge in [0.05, 0.1) is 13.2 Å². The maximum absolute atomic E-state index is 5.42. The number of ether oxygens (including phenoxy) is 1. The first-order valence-corrected chi connectivity index (χ1v) is 9.17. The van der Waals surface area contributed by atoms with E-state index in [-0.39, 0.29) is 6.04 Å². The summed E-state index contributed by atoms with van der Waals surface area (Å²) < 4.78 is 5.36. The van der Waals surface area contributed by atoms with Crippen molar-refractivity contribution in [2.24, 2.45) is 0 Å². The van der Waals surface area contributed by atoms with E-state index >= 15 is 0 Å². The molecule has 0 saturated heterocycles. The maximum Gasteiger partial charge on any atom is 0.165 e. The molecule has 0 aliphatic carbocycles. The predicted molar refractivity (Wildman–Crippen MR) is 105 cm³/mol. The summed E-state index contributed by atoms with van der Waals surface area (Å²) in [6, 6.07) is 24.5. The minimum absolute atomic E-state index is 0.180. The first-order valence-electron chi connectivity index (χ1n) is 9.17. The fourth-order valence-electron chi connectivity index (χ4n) is 3.42. The summed E-state index contributed by atoms with van der Waals surface area (Å²) in [6.45, 7) is 1.37. The Bertz CT molecular complexity index is 878. The monoisotopic (exact) mass is 361 g/mol. The third-order valence-corrected chi connectivity index (χ3v) is 4.84.